The lowest BCUT2D eigenvalue weighted by atomic mass is 9.71. The summed E-state index contributed by atoms with van der Waals surface area (Å²) >= 11 is 0. The molecule has 1 atom stereocenters. The second-order valence-corrected chi connectivity index (χ2v) is 10.2. The molecule has 34 heavy (non-hydrogen) atoms. The van der Waals surface area contributed by atoms with Gasteiger partial charge < -0.3 is 21.5 Å². The van der Waals surface area contributed by atoms with Crippen LogP contribution in [-0.2, 0) is 5.72 Å². The smallest absolute Gasteiger partial charge is 0.206 e. The molecule has 4 heteroatoms. The molecular weight excluding hydrogens is 418 g/mol. The second-order valence-electron chi connectivity index (χ2n) is 10.2. The fourth-order valence-electron chi connectivity index (χ4n) is 5.98. The minimum Gasteiger partial charge on any atom is -0.464 e. The van der Waals surface area contributed by atoms with Gasteiger partial charge in [0, 0.05) is 34.8 Å². The highest BCUT2D eigenvalue weighted by Crippen LogP contribution is 2.47. The maximum Gasteiger partial charge on any atom is 0.206 e. The average Bonchev–Trinajstić information content (AvgIpc) is 2.83. The molecule has 5 N–H and O–H groups in total. The van der Waals surface area contributed by atoms with Crippen molar-refractivity contribution in [3.63, 3.8) is 0 Å². The molecule has 1 fully saturated rings. The van der Waals surface area contributed by atoms with Crippen molar-refractivity contribution in [2.45, 2.75) is 105 Å². The number of benzene rings is 2. The van der Waals surface area contributed by atoms with E-state index in [-0.39, 0.29) is 0 Å². The monoisotopic (exact) mass is 465 g/mol. The van der Waals surface area contributed by atoms with Crippen LogP contribution in [0.1, 0.15) is 109 Å². The van der Waals surface area contributed by atoms with Gasteiger partial charge in [-0.15, -0.1) is 0 Å². The van der Waals surface area contributed by atoms with E-state index in [0.717, 1.165) is 17.4 Å². The van der Waals surface area contributed by atoms with E-state index < -0.39 is 5.72 Å². The van der Waals surface area contributed by atoms with Crippen molar-refractivity contribution in [1.29, 1.82) is 0 Å². The zero-order valence-electron chi connectivity index (χ0n) is 22.3. The molecular formula is C30H47N3O. The summed E-state index contributed by atoms with van der Waals surface area (Å²) in [5.41, 5.74) is 17.7. The van der Waals surface area contributed by atoms with E-state index in [9.17, 15) is 0 Å². The normalized spacial score (nSPS) is 23.3. The molecule has 2 aliphatic rings. The summed E-state index contributed by atoms with van der Waals surface area (Å²) in [6.07, 6.45) is 10.9. The first-order valence-corrected chi connectivity index (χ1v) is 13.6. The van der Waals surface area contributed by atoms with Crippen LogP contribution in [0.15, 0.2) is 30.3 Å². The van der Waals surface area contributed by atoms with Crippen LogP contribution in [0.4, 0.5) is 17.1 Å². The summed E-state index contributed by atoms with van der Waals surface area (Å²) in [6.45, 7) is 12.7. The van der Waals surface area contributed by atoms with Gasteiger partial charge in [-0.05, 0) is 74.5 Å². The average molecular weight is 466 g/mol. The van der Waals surface area contributed by atoms with Crippen LogP contribution in [0, 0.1) is 18.8 Å². The van der Waals surface area contributed by atoms with Crippen LogP contribution in [0.3, 0.4) is 0 Å². The fourth-order valence-corrected chi connectivity index (χ4v) is 5.98. The van der Waals surface area contributed by atoms with Crippen molar-refractivity contribution >= 4 is 17.1 Å². The Morgan fingerprint density at radius 3 is 2.09 bits per heavy atom. The molecule has 0 spiro atoms. The Kier molecular flexibility index (Phi) is 8.78. The molecule has 0 saturated heterocycles. The van der Waals surface area contributed by atoms with Gasteiger partial charge in [0.15, 0.2) is 0 Å². The van der Waals surface area contributed by atoms with Crippen molar-refractivity contribution in [3.05, 3.63) is 47.0 Å². The van der Waals surface area contributed by atoms with Crippen LogP contribution in [0.5, 0.6) is 5.75 Å². The molecule has 4 nitrogen and oxygen atoms in total. The summed E-state index contributed by atoms with van der Waals surface area (Å²) in [4.78, 5) is 0. The van der Waals surface area contributed by atoms with Gasteiger partial charge in [-0.2, -0.15) is 0 Å². The summed E-state index contributed by atoms with van der Waals surface area (Å²) in [5.74, 6) is 3.25. The van der Waals surface area contributed by atoms with Crippen LogP contribution < -0.4 is 21.5 Å². The minimum absolute atomic E-state index is 0.548. The van der Waals surface area contributed by atoms with Crippen molar-refractivity contribution in [3.8, 4) is 5.75 Å². The van der Waals surface area contributed by atoms with Crippen LogP contribution in [0.25, 0.3) is 0 Å². The number of anilines is 3. The number of rotatable bonds is 8. The molecule has 188 valence electrons. The number of nitrogen functional groups attached to an aromatic ring is 2. The van der Waals surface area contributed by atoms with E-state index in [1.165, 1.54) is 68.2 Å². The molecule has 2 aromatic rings. The lowest BCUT2D eigenvalue weighted by Crippen LogP contribution is -2.46. The quantitative estimate of drug-likeness (QED) is 0.342. The van der Waals surface area contributed by atoms with Crippen molar-refractivity contribution in [1.82, 2.24) is 0 Å². The number of ether oxygens (including phenoxy) is 1. The Bertz CT molecular complexity index is 919. The highest BCUT2D eigenvalue weighted by molar-refractivity contribution is 5.68. The summed E-state index contributed by atoms with van der Waals surface area (Å²) < 4.78 is 6.28. The topological polar surface area (TPSA) is 73.3 Å². The lowest BCUT2D eigenvalue weighted by Gasteiger charge is -2.43. The van der Waals surface area contributed by atoms with Gasteiger partial charge >= 0.3 is 0 Å². The largest absolute Gasteiger partial charge is 0.464 e. The minimum atomic E-state index is -0.548. The lowest BCUT2D eigenvalue weighted by molar-refractivity contribution is 0.103. The highest BCUT2D eigenvalue weighted by Gasteiger charge is 2.41. The van der Waals surface area contributed by atoms with Crippen molar-refractivity contribution < 1.29 is 4.74 Å². The maximum atomic E-state index is 6.28. The first kappa shape index (κ1) is 26.2. The van der Waals surface area contributed by atoms with Gasteiger partial charge in [-0.1, -0.05) is 65.5 Å². The van der Waals surface area contributed by atoms with Crippen LogP contribution in [0.2, 0.25) is 0 Å². The first-order valence-electron chi connectivity index (χ1n) is 13.6. The molecule has 1 aliphatic heterocycles. The standard InChI is InChI=1S/C28H41N3O.C2H6/c1-5-7-19(8-6-2)20-9-11-21(12-10-20)22-13-14-24-27(15-22)31-28(24,4)32-23-16-25(29)18(3)26(30)17-23;1-2/h13-17,19-21,31H,5-12,29-30H2,1-4H3;1-2H3. The molecule has 0 radical (unpaired) electrons. The molecule has 0 aromatic heterocycles. The van der Waals surface area contributed by atoms with Crippen LogP contribution in [-0.4, -0.2) is 0 Å². The molecule has 1 saturated carbocycles. The van der Waals surface area contributed by atoms with Crippen molar-refractivity contribution in [2.75, 3.05) is 16.8 Å². The van der Waals surface area contributed by atoms with Gasteiger partial charge in [0.05, 0.1) is 0 Å². The van der Waals surface area contributed by atoms with Crippen LogP contribution >= 0.6 is 0 Å². The third-order valence-corrected chi connectivity index (χ3v) is 7.94. The van der Waals surface area contributed by atoms with Gasteiger partial charge in [0.25, 0.3) is 0 Å². The molecule has 0 amide bonds. The molecule has 4 rings (SSSR count). The predicted octanol–water partition coefficient (Wildman–Crippen LogP) is 8.35. The summed E-state index contributed by atoms with van der Waals surface area (Å²) in [6, 6.07) is 10.6. The van der Waals surface area contributed by atoms with Crippen molar-refractivity contribution in [2.24, 2.45) is 11.8 Å². The predicted molar refractivity (Wildman–Crippen MR) is 147 cm³/mol. The van der Waals surface area contributed by atoms with Gasteiger partial charge in [0.1, 0.15) is 5.75 Å². The highest BCUT2D eigenvalue weighted by atomic mass is 16.5. The van der Waals surface area contributed by atoms with Gasteiger partial charge in [-0.3, -0.25) is 0 Å². The second kappa shape index (κ2) is 11.4. The summed E-state index contributed by atoms with van der Waals surface area (Å²) in [7, 11) is 0. The van der Waals surface area contributed by atoms with E-state index in [2.05, 4.69) is 44.3 Å². The number of hydrogen-bond donors (Lipinski definition) is 3. The zero-order chi connectivity index (χ0) is 24.9. The molecule has 1 heterocycles. The summed E-state index contributed by atoms with van der Waals surface area (Å²) in [5, 5.41) is 3.54. The number of nitrogens with two attached hydrogens (primary N) is 2. The van der Waals surface area contributed by atoms with E-state index in [4.69, 9.17) is 16.2 Å². The Morgan fingerprint density at radius 1 is 0.971 bits per heavy atom. The fraction of sp³-hybridized carbons (Fsp3) is 0.600. The Balaban J connectivity index is 0.00000158. The van der Waals surface area contributed by atoms with Gasteiger partial charge in [-0.25, -0.2) is 0 Å². The Hall–Kier alpha value is -2.36. The van der Waals surface area contributed by atoms with E-state index >= 15 is 0 Å². The Morgan fingerprint density at radius 2 is 1.56 bits per heavy atom. The third kappa shape index (κ3) is 5.47. The molecule has 1 unspecified atom stereocenters. The van der Waals surface area contributed by atoms with E-state index in [0.29, 0.717) is 23.0 Å². The molecule has 0 bridgehead atoms. The maximum absolute atomic E-state index is 6.28. The number of fused-ring (bicyclic) bond motifs is 1. The third-order valence-electron chi connectivity index (χ3n) is 7.94. The SMILES string of the molecule is CC.CCCC(CCC)C1CCC(c2ccc3c(c2)NC3(C)Oc2cc(N)c(C)c(N)c2)CC1. The Labute approximate surface area is 207 Å². The van der Waals surface area contributed by atoms with Gasteiger partial charge in [0.2, 0.25) is 5.72 Å². The molecule has 1 aliphatic carbocycles. The first-order chi connectivity index (χ1) is 16.3. The van der Waals surface area contributed by atoms with E-state index in [1.54, 1.807) is 0 Å². The molecule has 2 aromatic carbocycles. The van der Waals surface area contributed by atoms with E-state index in [1.807, 2.05) is 32.9 Å². The number of nitrogens with one attached hydrogen (secondary N) is 1. The zero-order valence-corrected chi connectivity index (χ0v) is 22.3. The number of hydrogen-bond acceptors (Lipinski definition) is 4.